The Labute approximate surface area is 162 Å². The first-order chi connectivity index (χ1) is 12.5. The largest absolute Gasteiger partial charge is 0.356 e. The minimum atomic E-state index is -0.446. The highest BCUT2D eigenvalue weighted by Gasteiger charge is 2.47. The predicted molar refractivity (Wildman–Crippen MR) is 104 cm³/mol. The van der Waals surface area contributed by atoms with Gasteiger partial charge in [0.1, 0.15) is 12.1 Å². The van der Waals surface area contributed by atoms with E-state index in [1.807, 2.05) is 30.3 Å². The molecule has 5 nitrogen and oxygen atoms in total. The van der Waals surface area contributed by atoms with Crippen molar-refractivity contribution in [2.24, 2.45) is 0 Å². The maximum atomic E-state index is 12.9. The van der Waals surface area contributed by atoms with Crippen molar-refractivity contribution in [3.05, 3.63) is 56.3 Å². The molecule has 4 heterocycles. The number of piperazine rings is 1. The lowest BCUT2D eigenvalue weighted by molar-refractivity contribution is -0.157. The molecule has 2 aliphatic rings. The second-order valence-electron chi connectivity index (χ2n) is 6.82. The van der Waals surface area contributed by atoms with Gasteiger partial charge in [-0.3, -0.25) is 9.59 Å². The summed E-state index contributed by atoms with van der Waals surface area (Å²) in [6.07, 6.45) is 0.553. The van der Waals surface area contributed by atoms with E-state index in [0.29, 0.717) is 6.42 Å². The number of nitrogens with one attached hydrogen (secondary N) is 1. The van der Waals surface area contributed by atoms with Gasteiger partial charge in [0.2, 0.25) is 11.8 Å². The summed E-state index contributed by atoms with van der Waals surface area (Å²) in [5.74, 6) is 0.0112. The number of hydrogen-bond donors (Lipinski definition) is 1. The molecule has 1 fully saturated rings. The average Bonchev–Trinajstić information content (AvgIpc) is 3.21. The lowest BCUT2D eigenvalue weighted by atomic mass is 9.88. The molecule has 2 amide bonds. The van der Waals surface area contributed by atoms with Crippen molar-refractivity contribution < 1.29 is 9.59 Å². The molecule has 0 saturated carbocycles. The summed E-state index contributed by atoms with van der Waals surface area (Å²) in [6.45, 7) is 0.133. The molecular weight excluding hydrogens is 414 g/mol. The number of nitrogens with zero attached hydrogens (tertiary/aromatic N) is 2. The van der Waals surface area contributed by atoms with Crippen molar-refractivity contribution in [1.82, 2.24) is 14.8 Å². The number of rotatable bonds is 1. The third-order valence-corrected chi connectivity index (χ3v) is 6.99. The van der Waals surface area contributed by atoms with E-state index in [2.05, 4.69) is 27.0 Å². The van der Waals surface area contributed by atoms with Gasteiger partial charge in [0.25, 0.3) is 0 Å². The standard InChI is InChI=1S/C19H16BrN3O2S/c1-22-9-16(24)23-13(19(22)25)8-11-10-4-2-3-5-12(10)21-17(11)18(23)14-6-7-15(20)26-14/h2-7,13,18,21H,8-9H2,1H3/t13-,18-/m0/s1. The smallest absolute Gasteiger partial charge is 0.245 e. The molecule has 0 unspecified atom stereocenters. The fourth-order valence-electron chi connectivity index (χ4n) is 4.18. The van der Waals surface area contributed by atoms with Gasteiger partial charge in [0.15, 0.2) is 0 Å². The Morgan fingerprint density at radius 1 is 1.19 bits per heavy atom. The third kappa shape index (κ3) is 2.20. The molecular formula is C19H16BrN3O2S. The number of carbonyl (C=O) groups excluding carboxylic acids is 2. The zero-order chi connectivity index (χ0) is 18.0. The number of halogens is 1. The molecule has 0 radical (unpaired) electrons. The van der Waals surface area contributed by atoms with E-state index in [4.69, 9.17) is 0 Å². The van der Waals surface area contributed by atoms with Crippen molar-refractivity contribution in [3.63, 3.8) is 0 Å². The summed E-state index contributed by atoms with van der Waals surface area (Å²) in [7, 11) is 1.71. The van der Waals surface area contributed by atoms with Crippen LogP contribution in [0.1, 0.15) is 22.2 Å². The summed E-state index contributed by atoms with van der Waals surface area (Å²) >= 11 is 5.13. The van der Waals surface area contributed by atoms with Crippen LogP contribution in [-0.2, 0) is 16.0 Å². The van der Waals surface area contributed by atoms with Gasteiger partial charge in [0, 0.05) is 34.9 Å². The minimum Gasteiger partial charge on any atom is -0.356 e. The number of carbonyl (C=O) groups is 2. The number of likely N-dealkylation sites (N-methyl/N-ethyl adjacent to an activating group) is 1. The van der Waals surface area contributed by atoms with Gasteiger partial charge < -0.3 is 14.8 Å². The fourth-order valence-corrected chi connectivity index (χ4v) is 5.71. The molecule has 2 atom stereocenters. The van der Waals surface area contributed by atoms with Gasteiger partial charge in [-0.1, -0.05) is 18.2 Å². The number of para-hydroxylation sites is 1. The van der Waals surface area contributed by atoms with Crippen LogP contribution in [0.25, 0.3) is 10.9 Å². The maximum Gasteiger partial charge on any atom is 0.245 e. The number of hydrogen-bond acceptors (Lipinski definition) is 3. The van der Waals surface area contributed by atoms with E-state index in [1.165, 1.54) is 0 Å². The topological polar surface area (TPSA) is 56.4 Å². The Bertz CT molecular complexity index is 1060. The Hall–Kier alpha value is -2.12. The first kappa shape index (κ1) is 16.1. The van der Waals surface area contributed by atoms with Gasteiger partial charge in [-0.25, -0.2) is 0 Å². The summed E-state index contributed by atoms with van der Waals surface area (Å²) < 4.78 is 1.01. The van der Waals surface area contributed by atoms with Crippen molar-refractivity contribution >= 4 is 50.0 Å². The quantitative estimate of drug-likeness (QED) is 0.644. The van der Waals surface area contributed by atoms with Gasteiger partial charge >= 0.3 is 0 Å². The van der Waals surface area contributed by atoms with E-state index >= 15 is 0 Å². The highest BCUT2D eigenvalue weighted by Crippen LogP contribution is 2.44. The molecule has 0 aliphatic carbocycles. The normalized spacial score (nSPS) is 22.7. The Balaban J connectivity index is 1.77. The van der Waals surface area contributed by atoms with Crippen molar-refractivity contribution in [1.29, 1.82) is 0 Å². The lowest BCUT2D eigenvalue weighted by Crippen LogP contribution is -2.62. The van der Waals surface area contributed by atoms with Gasteiger partial charge in [-0.2, -0.15) is 0 Å². The van der Waals surface area contributed by atoms with Crippen LogP contribution in [0.15, 0.2) is 40.2 Å². The van der Waals surface area contributed by atoms with Crippen molar-refractivity contribution in [3.8, 4) is 0 Å². The Morgan fingerprint density at radius 3 is 2.77 bits per heavy atom. The van der Waals surface area contributed by atoms with E-state index in [0.717, 1.165) is 30.8 Å². The number of benzene rings is 1. The van der Waals surface area contributed by atoms with Crippen LogP contribution < -0.4 is 0 Å². The van der Waals surface area contributed by atoms with E-state index < -0.39 is 6.04 Å². The van der Waals surface area contributed by atoms with Crippen LogP contribution in [0, 0.1) is 0 Å². The SMILES string of the molecule is CN1CC(=O)N2[C@@H](c3ccc(Br)s3)c3[nH]c4ccccc4c3C[C@H]2C1=O. The summed E-state index contributed by atoms with van der Waals surface area (Å²) in [5, 5.41) is 1.14. The Kier molecular flexibility index (Phi) is 3.52. The maximum absolute atomic E-state index is 12.9. The molecule has 3 aromatic rings. The predicted octanol–water partition coefficient (Wildman–Crippen LogP) is 3.31. The van der Waals surface area contributed by atoms with Crippen LogP contribution in [-0.4, -0.2) is 46.2 Å². The number of H-pyrrole nitrogens is 1. The number of amides is 2. The number of fused-ring (bicyclic) bond motifs is 4. The summed E-state index contributed by atoms with van der Waals surface area (Å²) in [6, 6.07) is 11.5. The van der Waals surface area contributed by atoms with Crippen LogP contribution in [0.5, 0.6) is 0 Å². The number of aromatic amines is 1. The molecule has 1 aromatic carbocycles. The molecule has 5 rings (SSSR count). The highest BCUT2D eigenvalue weighted by atomic mass is 79.9. The number of aromatic nitrogens is 1. The van der Waals surface area contributed by atoms with Crippen LogP contribution in [0.2, 0.25) is 0 Å². The lowest BCUT2D eigenvalue weighted by Gasteiger charge is -2.45. The zero-order valence-electron chi connectivity index (χ0n) is 14.0. The zero-order valence-corrected chi connectivity index (χ0v) is 16.4. The second kappa shape index (κ2) is 5.69. The second-order valence-corrected chi connectivity index (χ2v) is 9.32. The van der Waals surface area contributed by atoms with E-state index in [-0.39, 0.29) is 24.4 Å². The first-order valence-electron chi connectivity index (χ1n) is 8.45. The first-order valence-corrected chi connectivity index (χ1v) is 10.1. The third-order valence-electron chi connectivity index (χ3n) is 5.32. The molecule has 2 aromatic heterocycles. The van der Waals surface area contributed by atoms with E-state index in [1.54, 1.807) is 28.2 Å². The highest BCUT2D eigenvalue weighted by molar-refractivity contribution is 9.11. The number of thiophene rings is 1. The minimum absolute atomic E-state index is 0.00377. The van der Waals surface area contributed by atoms with Crippen molar-refractivity contribution in [2.75, 3.05) is 13.6 Å². The molecule has 26 heavy (non-hydrogen) atoms. The monoisotopic (exact) mass is 429 g/mol. The molecule has 2 aliphatic heterocycles. The molecule has 132 valence electrons. The average molecular weight is 430 g/mol. The van der Waals surface area contributed by atoms with E-state index in [9.17, 15) is 9.59 Å². The van der Waals surface area contributed by atoms with Gasteiger partial charge in [-0.05, 0) is 39.7 Å². The molecule has 0 bridgehead atoms. The molecule has 1 N–H and O–H groups in total. The van der Waals surface area contributed by atoms with Gasteiger partial charge in [-0.15, -0.1) is 11.3 Å². The summed E-state index contributed by atoms with van der Waals surface area (Å²) in [5.41, 5.74) is 3.22. The molecule has 0 spiro atoms. The van der Waals surface area contributed by atoms with Crippen LogP contribution in [0.3, 0.4) is 0 Å². The fraction of sp³-hybridized carbons (Fsp3) is 0.263. The van der Waals surface area contributed by atoms with Crippen LogP contribution in [0.4, 0.5) is 0 Å². The Morgan fingerprint density at radius 2 is 2.00 bits per heavy atom. The molecule has 7 heteroatoms. The van der Waals surface area contributed by atoms with Crippen LogP contribution >= 0.6 is 27.3 Å². The molecule has 1 saturated heterocycles. The van der Waals surface area contributed by atoms with Crippen molar-refractivity contribution in [2.45, 2.75) is 18.5 Å². The summed E-state index contributed by atoms with van der Waals surface area (Å²) in [4.78, 5) is 33.7. The van der Waals surface area contributed by atoms with Gasteiger partial charge in [0.05, 0.1) is 10.3 Å².